The number of methoxy groups -OCH3 is 1. The quantitative estimate of drug-likeness (QED) is 0.626. The highest BCUT2D eigenvalue weighted by atomic mass is 32.1. The van der Waals surface area contributed by atoms with Crippen molar-refractivity contribution in [3.05, 3.63) is 29.4 Å². The van der Waals surface area contributed by atoms with Gasteiger partial charge in [0.05, 0.1) is 17.7 Å². The average Bonchev–Trinajstić information content (AvgIpc) is 3.45. The topological polar surface area (TPSA) is 55.3 Å². The zero-order valence-corrected chi connectivity index (χ0v) is 17.4. The first kappa shape index (κ1) is 24.9. The molecule has 2 aromatic heterocycles. The Morgan fingerprint density at radius 2 is 1.78 bits per heavy atom. The van der Waals surface area contributed by atoms with Gasteiger partial charge in [-0.1, -0.05) is 33.8 Å². The second-order valence-electron chi connectivity index (χ2n) is 4.77. The molecule has 152 valence electrons. The zero-order valence-electron chi connectivity index (χ0n) is 16.6. The van der Waals surface area contributed by atoms with E-state index >= 15 is 0 Å². The summed E-state index contributed by atoms with van der Waals surface area (Å²) in [5.74, 6) is 0.235. The Labute approximate surface area is 164 Å². The maximum Gasteiger partial charge on any atom is 0.297 e. The van der Waals surface area contributed by atoms with Crippen LogP contribution in [-0.2, 0) is 9.53 Å². The van der Waals surface area contributed by atoms with Crippen LogP contribution in [0.5, 0.6) is 0 Å². The van der Waals surface area contributed by atoms with Crippen LogP contribution in [-0.4, -0.2) is 36.6 Å². The molecule has 3 rings (SSSR count). The number of anilines is 1. The second kappa shape index (κ2) is 15.0. The van der Waals surface area contributed by atoms with Gasteiger partial charge in [0.25, 0.3) is 12.9 Å². The van der Waals surface area contributed by atoms with Gasteiger partial charge in [0.1, 0.15) is 5.82 Å². The van der Waals surface area contributed by atoms with Gasteiger partial charge >= 0.3 is 0 Å². The molecule has 27 heavy (non-hydrogen) atoms. The van der Waals surface area contributed by atoms with Crippen molar-refractivity contribution >= 4 is 23.6 Å². The molecular weight excluding hydrogens is 372 g/mol. The molecule has 3 heterocycles. The number of hydrogen-bond donors (Lipinski definition) is 0. The minimum Gasteiger partial charge on any atom is -0.471 e. The lowest BCUT2D eigenvalue weighted by atomic mass is 10.3. The highest BCUT2D eigenvalue weighted by molar-refractivity contribution is 7.13. The lowest BCUT2D eigenvalue weighted by molar-refractivity contribution is -0.126. The Balaban J connectivity index is 0.000000737. The first-order chi connectivity index (χ1) is 13.2. The fourth-order valence-corrected chi connectivity index (χ4v) is 2.90. The molecule has 8 heteroatoms. The number of carbonyl (C=O) groups is 1. The zero-order chi connectivity index (χ0) is 20.7. The van der Waals surface area contributed by atoms with Crippen molar-refractivity contribution in [1.29, 1.82) is 0 Å². The molecule has 5 nitrogen and oxygen atoms in total. The van der Waals surface area contributed by atoms with Crippen molar-refractivity contribution in [2.75, 3.05) is 25.1 Å². The minimum atomic E-state index is -2.64. The van der Waals surface area contributed by atoms with Crippen molar-refractivity contribution in [1.82, 2.24) is 9.97 Å². The molecule has 0 atom stereocenters. The summed E-state index contributed by atoms with van der Waals surface area (Å²) in [6, 6.07) is 5.58. The molecule has 2 aromatic rings. The number of carbonyl (C=O) groups excluding carboxylic acids is 1. The summed E-state index contributed by atoms with van der Waals surface area (Å²) in [6.45, 7) is 10.1. The molecule has 0 radical (unpaired) electrons. The molecule has 1 aliphatic heterocycles. The molecule has 0 aromatic carbocycles. The number of halogens is 2. The number of rotatable bonds is 4. The lowest BCUT2D eigenvalue weighted by Gasteiger charge is -2.17. The van der Waals surface area contributed by atoms with E-state index in [1.165, 1.54) is 18.4 Å². The van der Waals surface area contributed by atoms with E-state index in [1.807, 2.05) is 56.2 Å². The summed E-state index contributed by atoms with van der Waals surface area (Å²) in [7, 11) is 1.31. The average molecular weight is 402 g/mol. The number of hydrogen-bond acceptors (Lipinski definition) is 6. The van der Waals surface area contributed by atoms with Gasteiger partial charge in [0, 0.05) is 19.2 Å². The largest absolute Gasteiger partial charge is 0.471 e. The molecule has 0 spiro atoms. The Morgan fingerprint density at radius 1 is 1.19 bits per heavy atom. The Morgan fingerprint density at radius 3 is 2.22 bits per heavy atom. The van der Waals surface area contributed by atoms with E-state index in [2.05, 4.69) is 14.7 Å². The van der Waals surface area contributed by atoms with Gasteiger partial charge in [-0.2, -0.15) is 0 Å². The Bertz CT molecular complexity index is 619. The summed E-state index contributed by atoms with van der Waals surface area (Å²) in [5.41, 5.74) is 0.585. The van der Waals surface area contributed by atoms with E-state index in [1.54, 1.807) is 0 Å². The lowest BCUT2D eigenvalue weighted by Crippen LogP contribution is -2.20. The third kappa shape index (κ3) is 8.43. The van der Waals surface area contributed by atoms with Crippen LogP contribution in [0.1, 0.15) is 52.8 Å². The Kier molecular flexibility index (Phi) is 13.9. The molecule has 0 aliphatic carbocycles. The number of thiophene rings is 1. The SMILES string of the molecule is CC.CC.COC=O.FC(F)c1nc(-c2cccs2)cc(N2CCCC2)n1. The summed E-state index contributed by atoms with van der Waals surface area (Å²) in [5, 5.41) is 1.91. The van der Waals surface area contributed by atoms with Crippen molar-refractivity contribution in [3.8, 4) is 10.6 Å². The van der Waals surface area contributed by atoms with Crippen LogP contribution in [0.2, 0.25) is 0 Å². The molecule has 1 aliphatic rings. The fraction of sp³-hybridized carbons (Fsp3) is 0.526. The molecule has 1 fully saturated rings. The van der Waals surface area contributed by atoms with Crippen LogP contribution >= 0.6 is 11.3 Å². The van der Waals surface area contributed by atoms with Gasteiger partial charge in [-0.25, -0.2) is 18.7 Å². The normalized spacial score (nSPS) is 12.1. The van der Waals surface area contributed by atoms with Gasteiger partial charge in [-0.15, -0.1) is 11.3 Å². The summed E-state index contributed by atoms with van der Waals surface area (Å²) < 4.78 is 29.7. The highest BCUT2D eigenvalue weighted by Crippen LogP contribution is 2.29. The molecule has 1 saturated heterocycles. The van der Waals surface area contributed by atoms with E-state index in [0.717, 1.165) is 30.8 Å². The first-order valence-electron chi connectivity index (χ1n) is 9.08. The van der Waals surface area contributed by atoms with Gasteiger partial charge in [0.15, 0.2) is 5.82 Å². The number of ether oxygens (including phenoxy) is 1. The van der Waals surface area contributed by atoms with Crippen molar-refractivity contribution in [2.24, 2.45) is 0 Å². The fourth-order valence-electron chi connectivity index (χ4n) is 2.21. The van der Waals surface area contributed by atoms with Crippen LogP contribution in [0, 0.1) is 0 Å². The van der Waals surface area contributed by atoms with E-state index < -0.39 is 6.43 Å². The molecule has 0 bridgehead atoms. The minimum absolute atomic E-state index is 0.375. The second-order valence-corrected chi connectivity index (χ2v) is 5.72. The third-order valence-electron chi connectivity index (χ3n) is 3.23. The van der Waals surface area contributed by atoms with Gasteiger partial charge < -0.3 is 9.64 Å². The van der Waals surface area contributed by atoms with Crippen LogP contribution in [0.25, 0.3) is 10.6 Å². The van der Waals surface area contributed by atoms with Crippen molar-refractivity contribution < 1.29 is 18.3 Å². The first-order valence-corrected chi connectivity index (χ1v) is 9.96. The number of alkyl halides is 2. The van der Waals surface area contributed by atoms with Gasteiger partial charge in [-0.3, -0.25) is 4.79 Å². The van der Waals surface area contributed by atoms with E-state index in [9.17, 15) is 8.78 Å². The third-order valence-corrected chi connectivity index (χ3v) is 4.12. The monoisotopic (exact) mass is 401 g/mol. The van der Waals surface area contributed by atoms with Gasteiger partial charge in [0.2, 0.25) is 0 Å². The van der Waals surface area contributed by atoms with E-state index in [4.69, 9.17) is 4.79 Å². The predicted octanol–water partition coefficient (Wildman–Crippen LogP) is 5.58. The molecule has 0 unspecified atom stereocenters. The molecule has 0 N–H and O–H groups in total. The summed E-state index contributed by atoms with van der Waals surface area (Å²) in [4.78, 5) is 19.9. The maximum atomic E-state index is 12.9. The number of nitrogens with zero attached hydrogens (tertiary/aromatic N) is 3. The maximum absolute atomic E-state index is 12.9. The van der Waals surface area contributed by atoms with E-state index in [-0.39, 0.29) is 5.82 Å². The molecule has 0 amide bonds. The predicted molar refractivity (Wildman–Crippen MR) is 108 cm³/mol. The number of aromatic nitrogens is 2. The summed E-state index contributed by atoms with van der Waals surface area (Å²) >= 11 is 1.49. The van der Waals surface area contributed by atoms with Crippen molar-refractivity contribution in [2.45, 2.75) is 47.0 Å². The van der Waals surface area contributed by atoms with Crippen molar-refractivity contribution in [3.63, 3.8) is 0 Å². The highest BCUT2D eigenvalue weighted by Gasteiger charge is 2.20. The summed E-state index contributed by atoms with van der Waals surface area (Å²) in [6.07, 6.45) is -0.466. The molecular formula is C19H29F2N3O2S. The standard InChI is InChI=1S/C13H13F2N3S.C2H4O2.2C2H6/c14-12(15)13-16-9(10-4-3-7-19-10)8-11(17-13)18-5-1-2-6-18;1-4-2-3;2*1-2/h3-4,7-8,12H,1-2,5-6H2;2H,1H3;2*1-2H3. The van der Waals surface area contributed by atoms with Crippen LogP contribution in [0.4, 0.5) is 14.6 Å². The smallest absolute Gasteiger partial charge is 0.297 e. The van der Waals surface area contributed by atoms with Crippen LogP contribution in [0.15, 0.2) is 23.6 Å². The Hall–Kier alpha value is -2.09. The molecule has 0 saturated carbocycles. The van der Waals surface area contributed by atoms with Crippen LogP contribution < -0.4 is 4.90 Å². The van der Waals surface area contributed by atoms with Crippen LogP contribution in [0.3, 0.4) is 0 Å². The van der Waals surface area contributed by atoms with Gasteiger partial charge in [-0.05, 0) is 24.3 Å². The van der Waals surface area contributed by atoms with E-state index in [0.29, 0.717) is 18.0 Å².